The maximum Gasteiger partial charge on any atom is 0.237 e. The Kier molecular flexibility index (Phi) is 6.43. The Labute approximate surface area is 166 Å². The van der Waals surface area contributed by atoms with E-state index in [2.05, 4.69) is 4.98 Å². The lowest BCUT2D eigenvalue weighted by molar-refractivity contribution is -0.132. The van der Waals surface area contributed by atoms with Crippen LogP contribution in [0.5, 0.6) is 0 Å². The number of aryl methyl sites for hydroxylation is 1. The first kappa shape index (κ1) is 21.2. The zero-order chi connectivity index (χ0) is 20.4. The van der Waals surface area contributed by atoms with Crippen LogP contribution in [0, 0.1) is 0 Å². The predicted molar refractivity (Wildman–Crippen MR) is 105 cm³/mol. The Morgan fingerprint density at radius 1 is 1.43 bits per heavy atom. The molecule has 158 valence electrons. The number of carbonyl (C=O) groups excluding carboxylic acids is 1. The van der Waals surface area contributed by atoms with Gasteiger partial charge in [0, 0.05) is 44.6 Å². The highest BCUT2D eigenvalue weighted by atomic mass is 32.2. The summed E-state index contributed by atoms with van der Waals surface area (Å²) >= 11 is 0. The standard InChI is InChI=1S/C18H31N5O4S/c1-28(26,27)22(10-3-9-21-11-8-20-14-21)12-16(24)13-23-15-4-2-6-18(23,7-5-15)17(19)25/h8,11,14-16,24H,2-7,9-10,12-13H2,1H3,(H2,19,25)/t15-,16?,18+/m1/s1. The number of primary amides is 1. The first-order chi connectivity index (χ1) is 13.2. The van der Waals surface area contributed by atoms with E-state index in [0.29, 0.717) is 25.9 Å². The monoisotopic (exact) mass is 413 g/mol. The van der Waals surface area contributed by atoms with Gasteiger partial charge in [-0.2, -0.15) is 4.31 Å². The summed E-state index contributed by atoms with van der Waals surface area (Å²) in [6.07, 6.45) is 10.4. The van der Waals surface area contributed by atoms with Crippen molar-refractivity contribution in [3.8, 4) is 0 Å². The van der Waals surface area contributed by atoms with Gasteiger partial charge in [-0.15, -0.1) is 0 Å². The van der Waals surface area contributed by atoms with Crippen molar-refractivity contribution in [2.45, 2.75) is 62.8 Å². The number of β-amino-alcohol motifs (C(OH)–C–C–N with tert-alkyl or cyclic N) is 1. The third-order valence-corrected chi connectivity index (χ3v) is 7.41. The van der Waals surface area contributed by atoms with Gasteiger partial charge >= 0.3 is 0 Å². The third kappa shape index (κ3) is 4.56. The van der Waals surface area contributed by atoms with Crippen molar-refractivity contribution >= 4 is 15.9 Å². The molecule has 0 saturated carbocycles. The van der Waals surface area contributed by atoms with Gasteiger partial charge in [-0.1, -0.05) is 0 Å². The van der Waals surface area contributed by atoms with Crippen molar-refractivity contribution in [2.24, 2.45) is 5.73 Å². The minimum absolute atomic E-state index is 0.0147. The number of sulfonamides is 1. The zero-order valence-corrected chi connectivity index (χ0v) is 17.2. The lowest BCUT2D eigenvalue weighted by Gasteiger charge is -2.43. The van der Waals surface area contributed by atoms with Crippen LogP contribution in [-0.2, 0) is 21.4 Å². The van der Waals surface area contributed by atoms with Crippen molar-refractivity contribution in [3.63, 3.8) is 0 Å². The van der Waals surface area contributed by atoms with Crippen LogP contribution in [0.25, 0.3) is 0 Å². The van der Waals surface area contributed by atoms with Crippen molar-refractivity contribution in [2.75, 3.05) is 25.9 Å². The summed E-state index contributed by atoms with van der Waals surface area (Å²) in [6.45, 7) is 1.25. The fraction of sp³-hybridized carbons (Fsp3) is 0.778. The molecular weight excluding hydrogens is 382 g/mol. The fourth-order valence-corrected chi connectivity index (χ4v) is 5.63. The highest BCUT2D eigenvalue weighted by molar-refractivity contribution is 7.88. The fourth-order valence-electron chi connectivity index (χ4n) is 4.73. The Morgan fingerprint density at radius 3 is 2.86 bits per heavy atom. The van der Waals surface area contributed by atoms with Gasteiger partial charge in [-0.3, -0.25) is 9.69 Å². The number of nitrogens with two attached hydrogens (primary N) is 1. The molecule has 3 heterocycles. The minimum Gasteiger partial charge on any atom is -0.390 e. The molecule has 9 nitrogen and oxygen atoms in total. The molecule has 0 spiro atoms. The maximum absolute atomic E-state index is 12.2. The number of rotatable bonds is 10. The molecule has 1 amide bonds. The van der Waals surface area contributed by atoms with E-state index in [-0.39, 0.29) is 25.0 Å². The van der Waals surface area contributed by atoms with Crippen LogP contribution in [0.15, 0.2) is 18.7 Å². The van der Waals surface area contributed by atoms with Gasteiger partial charge in [-0.05, 0) is 38.5 Å². The molecule has 3 rings (SSSR count). The van der Waals surface area contributed by atoms with Crippen molar-refractivity contribution < 1.29 is 18.3 Å². The van der Waals surface area contributed by atoms with Gasteiger partial charge in [0.05, 0.1) is 18.7 Å². The molecule has 2 bridgehead atoms. The van der Waals surface area contributed by atoms with Crippen LogP contribution in [0.1, 0.15) is 38.5 Å². The summed E-state index contributed by atoms with van der Waals surface area (Å²) in [7, 11) is -3.45. The Balaban J connectivity index is 1.60. The van der Waals surface area contributed by atoms with Gasteiger partial charge < -0.3 is 15.4 Å². The normalized spacial score (nSPS) is 26.6. The first-order valence-corrected chi connectivity index (χ1v) is 11.7. The second-order valence-corrected chi connectivity index (χ2v) is 10.0. The summed E-state index contributed by atoms with van der Waals surface area (Å²) in [5, 5.41) is 10.7. The van der Waals surface area contributed by atoms with Crippen LogP contribution in [0.3, 0.4) is 0 Å². The van der Waals surface area contributed by atoms with Crippen molar-refractivity contribution in [1.29, 1.82) is 0 Å². The molecule has 0 radical (unpaired) electrons. The second kappa shape index (κ2) is 8.48. The van der Waals surface area contributed by atoms with E-state index in [9.17, 15) is 18.3 Å². The van der Waals surface area contributed by atoms with Gasteiger partial charge in [0.2, 0.25) is 15.9 Å². The highest BCUT2D eigenvalue weighted by Gasteiger charge is 2.52. The van der Waals surface area contributed by atoms with E-state index in [1.54, 1.807) is 12.5 Å². The van der Waals surface area contributed by atoms with E-state index in [4.69, 9.17) is 5.73 Å². The topological polar surface area (TPSA) is 122 Å². The Bertz CT molecular complexity index is 765. The number of aliphatic hydroxyl groups excluding tert-OH is 1. The quantitative estimate of drug-likeness (QED) is 0.546. The number of hydrogen-bond acceptors (Lipinski definition) is 6. The number of hydrogen-bond donors (Lipinski definition) is 2. The molecule has 0 aromatic carbocycles. The molecule has 1 aromatic rings. The molecule has 3 atom stereocenters. The maximum atomic E-state index is 12.2. The number of imidazole rings is 1. The lowest BCUT2D eigenvalue weighted by Crippen LogP contribution is -2.60. The summed E-state index contributed by atoms with van der Waals surface area (Å²) in [6, 6.07) is 0.240. The molecule has 1 aromatic heterocycles. The van der Waals surface area contributed by atoms with Crippen molar-refractivity contribution in [3.05, 3.63) is 18.7 Å². The lowest BCUT2D eigenvalue weighted by atomic mass is 9.87. The van der Waals surface area contributed by atoms with Crippen molar-refractivity contribution in [1.82, 2.24) is 18.8 Å². The van der Waals surface area contributed by atoms with Crippen LogP contribution >= 0.6 is 0 Å². The summed E-state index contributed by atoms with van der Waals surface area (Å²) in [5.74, 6) is -0.331. The first-order valence-electron chi connectivity index (χ1n) is 9.88. The Hall–Kier alpha value is -1.49. The number of aromatic nitrogens is 2. The molecule has 3 N–H and O–H groups in total. The van der Waals surface area contributed by atoms with E-state index in [0.717, 1.165) is 31.9 Å². The smallest absolute Gasteiger partial charge is 0.237 e. The second-order valence-electron chi connectivity index (χ2n) is 8.06. The third-order valence-electron chi connectivity index (χ3n) is 6.14. The van der Waals surface area contributed by atoms with Crippen LogP contribution < -0.4 is 5.73 Å². The highest BCUT2D eigenvalue weighted by Crippen LogP contribution is 2.43. The average molecular weight is 414 g/mol. The number of fused-ring (bicyclic) bond motifs is 2. The van der Waals surface area contributed by atoms with Crippen LogP contribution in [-0.4, -0.2) is 81.8 Å². The molecule has 0 aliphatic carbocycles. The molecule has 2 fully saturated rings. The van der Waals surface area contributed by atoms with E-state index >= 15 is 0 Å². The molecule has 2 aliphatic rings. The van der Waals surface area contributed by atoms with E-state index in [1.165, 1.54) is 4.31 Å². The average Bonchev–Trinajstić information content (AvgIpc) is 3.17. The predicted octanol–water partition coefficient (Wildman–Crippen LogP) is -0.232. The van der Waals surface area contributed by atoms with E-state index < -0.39 is 21.7 Å². The van der Waals surface area contributed by atoms with Crippen LogP contribution in [0.4, 0.5) is 0 Å². The van der Waals surface area contributed by atoms with E-state index in [1.807, 2.05) is 15.7 Å². The number of amides is 1. The van der Waals surface area contributed by atoms with Gasteiger partial charge in [0.25, 0.3) is 0 Å². The van der Waals surface area contributed by atoms with Gasteiger partial charge in [0.15, 0.2) is 0 Å². The molecule has 2 saturated heterocycles. The van der Waals surface area contributed by atoms with Gasteiger partial charge in [0.1, 0.15) is 5.54 Å². The summed E-state index contributed by atoms with van der Waals surface area (Å²) in [4.78, 5) is 18.2. The van der Waals surface area contributed by atoms with Gasteiger partial charge in [-0.25, -0.2) is 13.4 Å². The molecule has 2 aliphatic heterocycles. The van der Waals surface area contributed by atoms with Crippen LogP contribution in [0.2, 0.25) is 0 Å². The number of nitrogens with zero attached hydrogens (tertiary/aromatic N) is 4. The molecule has 28 heavy (non-hydrogen) atoms. The molecule has 1 unspecified atom stereocenters. The number of carbonyl (C=O) groups is 1. The number of aliphatic hydroxyl groups is 1. The molecule has 10 heteroatoms. The SMILES string of the molecule is CS(=O)(=O)N(CCCn1ccnc1)CC(O)CN1[C@@H]2CCC[C@@]1(C(N)=O)CC2. The molecular formula is C18H31N5O4S. The minimum atomic E-state index is -3.45. The summed E-state index contributed by atoms with van der Waals surface area (Å²) in [5.41, 5.74) is 5.03. The largest absolute Gasteiger partial charge is 0.390 e. The Morgan fingerprint density at radius 2 is 2.21 bits per heavy atom. The zero-order valence-electron chi connectivity index (χ0n) is 16.4. The number of piperidine rings is 1. The summed E-state index contributed by atoms with van der Waals surface area (Å²) < 4.78 is 27.5.